The van der Waals surface area contributed by atoms with Crippen molar-refractivity contribution in [1.82, 2.24) is 4.98 Å². The number of hydrogen-bond acceptors (Lipinski definition) is 3. The highest BCUT2D eigenvalue weighted by Gasteiger charge is 2.31. The minimum Gasteiger partial charge on any atom is -0.306 e. The molecular formula is C42H33N3. The van der Waals surface area contributed by atoms with E-state index >= 15 is 0 Å². The average Bonchev–Trinajstić information content (AvgIpc) is 3.08. The van der Waals surface area contributed by atoms with Crippen molar-refractivity contribution in [3.8, 4) is 22.4 Å². The molecule has 0 bridgehead atoms. The Morgan fingerprint density at radius 3 is 1.53 bits per heavy atom. The molecule has 0 spiro atoms. The summed E-state index contributed by atoms with van der Waals surface area (Å²) in [5, 5.41) is 1.17. The minimum absolute atomic E-state index is 0.967. The number of aryl methyl sites for hydroxylation is 3. The normalized spacial score (nSPS) is 12.2. The Balaban J connectivity index is 1.44. The molecule has 3 heteroatoms. The van der Waals surface area contributed by atoms with E-state index < -0.39 is 0 Å². The van der Waals surface area contributed by atoms with Gasteiger partial charge in [0.1, 0.15) is 0 Å². The van der Waals surface area contributed by atoms with Gasteiger partial charge >= 0.3 is 0 Å². The van der Waals surface area contributed by atoms with Crippen molar-refractivity contribution in [3.63, 3.8) is 0 Å². The Bertz CT molecular complexity index is 2130. The van der Waals surface area contributed by atoms with Crippen LogP contribution in [-0.4, -0.2) is 4.98 Å². The largest absolute Gasteiger partial charge is 0.306 e. The smallest absolute Gasteiger partial charge is 0.0958 e. The van der Waals surface area contributed by atoms with E-state index in [0.29, 0.717) is 0 Å². The molecule has 0 amide bonds. The van der Waals surface area contributed by atoms with Gasteiger partial charge in [-0.2, -0.15) is 0 Å². The molecule has 3 nitrogen and oxygen atoms in total. The highest BCUT2D eigenvalue weighted by molar-refractivity contribution is 6.10. The van der Waals surface area contributed by atoms with Gasteiger partial charge in [0.15, 0.2) is 0 Å². The highest BCUT2D eigenvalue weighted by atomic mass is 15.3. The predicted molar refractivity (Wildman–Crippen MR) is 190 cm³/mol. The molecule has 2 heterocycles. The summed E-state index contributed by atoms with van der Waals surface area (Å²) in [6, 6.07) is 52.3. The molecule has 0 fully saturated rings. The zero-order valence-corrected chi connectivity index (χ0v) is 25.7. The van der Waals surface area contributed by atoms with Gasteiger partial charge in [0.2, 0.25) is 0 Å². The van der Waals surface area contributed by atoms with E-state index in [1.54, 1.807) is 0 Å². The fraction of sp³-hybridized carbons (Fsp3) is 0.0714. The standard InChI is InChI=1S/C42H33N3/c1-28-17-22-31(23-18-28)34-27-35(32-24-19-29(2)20-25-32)43-42-40(26-21-30(3)41(34)42)45-38-15-9-7-13-36(38)44(33-11-5-4-6-12-33)37-14-8-10-16-39(37)45/h4-27H,1-3H3. The fourth-order valence-electron chi connectivity index (χ4n) is 6.57. The second-order valence-corrected chi connectivity index (χ2v) is 11.9. The molecule has 1 aliphatic heterocycles. The van der Waals surface area contributed by atoms with E-state index in [9.17, 15) is 0 Å². The highest BCUT2D eigenvalue weighted by Crippen LogP contribution is 2.55. The van der Waals surface area contributed by atoms with E-state index in [-0.39, 0.29) is 0 Å². The summed E-state index contributed by atoms with van der Waals surface area (Å²) in [6.07, 6.45) is 0. The summed E-state index contributed by atoms with van der Waals surface area (Å²) in [6.45, 7) is 6.46. The molecule has 0 saturated heterocycles. The number of aromatic nitrogens is 1. The molecule has 1 aromatic heterocycles. The summed E-state index contributed by atoms with van der Waals surface area (Å²) in [7, 11) is 0. The van der Waals surface area contributed by atoms with Crippen molar-refractivity contribution in [2.75, 3.05) is 9.80 Å². The topological polar surface area (TPSA) is 19.4 Å². The average molecular weight is 580 g/mol. The van der Waals surface area contributed by atoms with Gasteiger partial charge in [-0.15, -0.1) is 0 Å². The number of hydrogen-bond donors (Lipinski definition) is 0. The van der Waals surface area contributed by atoms with E-state index in [1.807, 2.05) is 0 Å². The monoisotopic (exact) mass is 579 g/mol. The first-order valence-electron chi connectivity index (χ1n) is 15.5. The number of pyridine rings is 1. The van der Waals surface area contributed by atoms with Crippen LogP contribution < -0.4 is 9.80 Å². The lowest BCUT2D eigenvalue weighted by Crippen LogP contribution is -2.24. The van der Waals surface area contributed by atoms with Crippen LogP contribution in [0.2, 0.25) is 0 Å². The summed E-state index contributed by atoms with van der Waals surface area (Å²) in [4.78, 5) is 10.2. The Morgan fingerprint density at radius 2 is 0.956 bits per heavy atom. The minimum atomic E-state index is 0.967. The van der Waals surface area contributed by atoms with Crippen LogP contribution in [-0.2, 0) is 0 Å². The van der Waals surface area contributed by atoms with E-state index in [0.717, 1.165) is 50.9 Å². The van der Waals surface area contributed by atoms with Gasteiger partial charge in [-0.1, -0.05) is 108 Å². The SMILES string of the molecule is Cc1ccc(-c2cc(-c3ccc(C)cc3)c3c(C)ccc(N4c5ccccc5N(c5ccccc5)c5ccccc54)c3n2)cc1. The Labute approximate surface area is 264 Å². The second-order valence-electron chi connectivity index (χ2n) is 11.9. The molecular weight excluding hydrogens is 546 g/mol. The van der Waals surface area contributed by atoms with Gasteiger partial charge in [-0.05, 0) is 86.0 Å². The zero-order chi connectivity index (χ0) is 30.5. The van der Waals surface area contributed by atoms with Gasteiger partial charge in [-0.3, -0.25) is 0 Å². The molecule has 8 rings (SSSR count). The van der Waals surface area contributed by atoms with Crippen LogP contribution in [0.15, 0.2) is 146 Å². The summed E-state index contributed by atoms with van der Waals surface area (Å²) < 4.78 is 0. The van der Waals surface area contributed by atoms with Crippen molar-refractivity contribution in [1.29, 1.82) is 0 Å². The van der Waals surface area contributed by atoms with Crippen LogP contribution in [0.4, 0.5) is 34.1 Å². The molecule has 45 heavy (non-hydrogen) atoms. The van der Waals surface area contributed by atoms with Crippen LogP contribution in [0, 0.1) is 20.8 Å². The van der Waals surface area contributed by atoms with E-state index in [2.05, 4.69) is 176 Å². The first-order chi connectivity index (χ1) is 22.1. The lowest BCUT2D eigenvalue weighted by molar-refractivity contribution is 1.17. The van der Waals surface area contributed by atoms with Gasteiger partial charge in [0, 0.05) is 16.6 Å². The summed E-state index contributed by atoms with van der Waals surface area (Å²) in [5.74, 6) is 0. The van der Waals surface area contributed by atoms with Crippen LogP contribution in [0.3, 0.4) is 0 Å². The van der Waals surface area contributed by atoms with Crippen molar-refractivity contribution >= 4 is 45.0 Å². The number of anilines is 6. The van der Waals surface area contributed by atoms with E-state index in [4.69, 9.17) is 4.98 Å². The van der Waals surface area contributed by atoms with Crippen molar-refractivity contribution in [2.24, 2.45) is 0 Å². The van der Waals surface area contributed by atoms with Gasteiger partial charge < -0.3 is 9.80 Å². The number of benzene rings is 6. The first kappa shape index (κ1) is 26.9. The molecule has 6 aromatic carbocycles. The Kier molecular flexibility index (Phi) is 6.46. The third-order valence-electron chi connectivity index (χ3n) is 8.84. The first-order valence-corrected chi connectivity index (χ1v) is 15.5. The maximum Gasteiger partial charge on any atom is 0.0958 e. The number of para-hydroxylation sites is 5. The molecule has 0 N–H and O–H groups in total. The maximum atomic E-state index is 5.48. The molecule has 0 aliphatic carbocycles. The predicted octanol–water partition coefficient (Wildman–Crippen LogP) is 11.7. The maximum absolute atomic E-state index is 5.48. The number of nitrogens with zero attached hydrogens (tertiary/aromatic N) is 3. The fourth-order valence-corrected chi connectivity index (χ4v) is 6.57. The molecule has 0 radical (unpaired) electrons. The van der Waals surface area contributed by atoms with Gasteiger partial charge in [0.05, 0.1) is 39.6 Å². The molecule has 0 saturated carbocycles. The third-order valence-corrected chi connectivity index (χ3v) is 8.84. The van der Waals surface area contributed by atoms with Crippen LogP contribution in [0.1, 0.15) is 16.7 Å². The Morgan fingerprint density at radius 1 is 0.444 bits per heavy atom. The summed E-state index contributed by atoms with van der Waals surface area (Å²) >= 11 is 0. The van der Waals surface area contributed by atoms with Gasteiger partial charge in [-0.25, -0.2) is 4.98 Å². The lowest BCUT2D eigenvalue weighted by atomic mass is 9.93. The van der Waals surface area contributed by atoms with Crippen molar-refractivity contribution in [3.05, 3.63) is 162 Å². The van der Waals surface area contributed by atoms with Crippen LogP contribution in [0.5, 0.6) is 0 Å². The van der Waals surface area contributed by atoms with Gasteiger partial charge in [0.25, 0.3) is 0 Å². The molecule has 7 aromatic rings. The number of fused-ring (bicyclic) bond motifs is 3. The van der Waals surface area contributed by atoms with Crippen molar-refractivity contribution < 1.29 is 0 Å². The molecule has 216 valence electrons. The second kappa shape index (κ2) is 10.8. The molecule has 0 unspecified atom stereocenters. The van der Waals surface area contributed by atoms with Crippen molar-refractivity contribution in [2.45, 2.75) is 20.8 Å². The quantitative estimate of drug-likeness (QED) is 0.207. The van der Waals surface area contributed by atoms with E-state index in [1.165, 1.54) is 33.2 Å². The van der Waals surface area contributed by atoms with Crippen LogP contribution >= 0.6 is 0 Å². The third kappa shape index (κ3) is 4.56. The summed E-state index contributed by atoms with van der Waals surface area (Å²) in [5.41, 5.74) is 15.8. The molecule has 1 aliphatic rings. The Hall–Kier alpha value is -5.67. The zero-order valence-electron chi connectivity index (χ0n) is 25.7. The lowest BCUT2D eigenvalue weighted by Gasteiger charge is -2.40. The number of rotatable bonds is 4. The molecule has 0 atom stereocenters. The van der Waals surface area contributed by atoms with Crippen LogP contribution in [0.25, 0.3) is 33.3 Å².